The first kappa shape index (κ1) is 12.4. The van der Waals surface area contributed by atoms with E-state index in [1.54, 1.807) is 0 Å². The van der Waals surface area contributed by atoms with Crippen LogP contribution in [0.4, 0.5) is 5.69 Å². The summed E-state index contributed by atoms with van der Waals surface area (Å²) >= 11 is 0. The largest absolute Gasteiger partial charge is 0.477 e. The Morgan fingerprint density at radius 1 is 1.47 bits per heavy atom. The third-order valence-electron chi connectivity index (χ3n) is 2.37. The SMILES string of the molecule is N#C/C(=C\c1cc2c(cc1[N+](=O)[O-])OCO2)C(=O)O. The molecule has 8 heteroatoms. The number of nitrogens with zero attached hydrogens (tertiary/aromatic N) is 2. The fraction of sp³-hybridized carbons (Fsp3) is 0.0909. The van der Waals surface area contributed by atoms with Crippen LogP contribution in [0.5, 0.6) is 11.5 Å². The molecule has 0 amide bonds. The predicted molar refractivity (Wildman–Crippen MR) is 60.4 cm³/mol. The Balaban J connectivity index is 2.59. The molecule has 0 saturated heterocycles. The van der Waals surface area contributed by atoms with Crippen molar-refractivity contribution in [1.82, 2.24) is 0 Å². The molecule has 0 spiro atoms. The lowest BCUT2D eigenvalue weighted by Gasteiger charge is -2.01. The van der Waals surface area contributed by atoms with Crippen molar-refractivity contribution in [3.05, 3.63) is 33.4 Å². The van der Waals surface area contributed by atoms with E-state index in [1.165, 1.54) is 12.1 Å². The van der Waals surface area contributed by atoms with Crippen molar-refractivity contribution in [3.63, 3.8) is 0 Å². The molecule has 1 aliphatic heterocycles. The molecular weight excluding hydrogens is 256 g/mol. The first-order valence-electron chi connectivity index (χ1n) is 4.96. The van der Waals surface area contributed by atoms with Gasteiger partial charge in [-0.25, -0.2) is 4.79 Å². The Morgan fingerprint density at radius 2 is 2.11 bits per heavy atom. The van der Waals surface area contributed by atoms with Crippen LogP contribution in [0, 0.1) is 21.4 Å². The maximum absolute atomic E-state index is 10.9. The number of nitro groups is 1. The molecule has 0 fully saturated rings. The number of benzene rings is 1. The van der Waals surface area contributed by atoms with Gasteiger partial charge in [-0.05, 0) is 12.1 Å². The van der Waals surface area contributed by atoms with Crippen molar-refractivity contribution in [2.75, 3.05) is 6.79 Å². The van der Waals surface area contributed by atoms with Gasteiger partial charge >= 0.3 is 5.97 Å². The van der Waals surface area contributed by atoms with Crippen molar-refractivity contribution in [2.45, 2.75) is 0 Å². The Hall–Kier alpha value is -3.08. The number of carboxylic acid groups (broad SMARTS) is 1. The maximum atomic E-state index is 10.9. The van der Waals surface area contributed by atoms with E-state index in [4.69, 9.17) is 19.8 Å². The minimum Gasteiger partial charge on any atom is -0.477 e. The van der Waals surface area contributed by atoms with Crippen LogP contribution in [0.3, 0.4) is 0 Å². The van der Waals surface area contributed by atoms with Crippen molar-refractivity contribution >= 4 is 17.7 Å². The third kappa shape index (κ3) is 2.30. The highest BCUT2D eigenvalue weighted by Crippen LogP contribution is 2.38. The minimum absolute atomic E-state index is 0.0341. The zero-order valence-corrected chi connectivity index (χ0v) is 9.32. The van der Waals surface area contributed by atoms with Crippen molar-refractivity contribution < 1.29 is 24.3 Å². The number of nitriles is 1. The van der Waals surface area contributed by atoms with E-state index in [0.29, 0.717) is 0 Å². The molecule has 0 atom stereocenters. The second-order valence-electron chi connectivity index (χ2n) is 3.50. The molecule has 0 radical (unpaired) electrons. The van der Waals surface area contributed by atoms with Crippen LogP contribution >= 0.6 is 0 Å². The molecule has 0 aliphatic carbocycles. The van der Waals surface area contributed by atoms with Gasteiger partial charge in [-0.1, -0.05) is 0 Å². The highest BCUT2D eigenvalue weighted by atomic mass is 16.7. The van der Waals surface area contributed by atoms with Crippen molar-refractivity contribution in [2.24, 2.45) is 0 Å². The van der Waals surface area contributed by atoms with Gasteiger partial charge < -0.3 is 14.6 Å². The van der Waals surface area contributed by atoms with Crippen LogP contribution < -0.4 is 9.47 Å². The number of hydrogen-bond donors (Lipinski definition) is 1. The summed E-state index contributed by atoms with van der Waals surface area (Å²) in [6.45, 7) is -0.0658. The molecule has 2 rings (SSSR count). The molecule has 0 unspecified atom stereocenters. The number of carbonyl (C=O) groups is 1. The monoisotopic (exact) mass is 262 g/mol. The Kier molecular flexibility index (Phi) is 3.03. The summed E-state index contributed by atoms with van der Waals surface area (Å²) in [4.78, 5) is 21.0. The molecular formula is C11H6N2O6. The molecule has 1 aliphatic rings. The van der Waals surface area contributed by atoms with Crippen molar-refractivity contribution in [1.29, 1.82) is 5.26 Å². The number of carboxylic acids is 1. The number of ether oxygens (including phenoxy) is 2. The highest BCUT2D eigenvalue weighted by molar-refractivity contribution is 5.97. The number of fused-ring (bicyclic) bond motifs is 1. The molecule has 1 aromatic carbocycles. The number of aliphatic carboxylic acids is 1. The smallest absolute Gasteiger partial charge is 0.346 e. The zero-order valence-electron chi connectivity index (χ0n) is 9.32. The van der Waals surface area contributed by atoms with Gasteiger partial charge in [-0.2, -0.15) is 5.26 Å². The second kappa shape index (κ2) is 4.66. The summed E-state index contributed by atoms with van der Waals surface area (Å²) in [6, 6.07) is 3.85. The Morgan fingerprint density at radius 3 is 2.63 bits per heavy atom. The van der Waals surface area contributed by atoms with E-state index >= 15 is 0 Å². The Labute approximate surface area is 106 Å². The molecule has 0 saturated carbocycles. The van der Waals surface area contributed by atoms with Crippen LogP contribution in [0.25, 0.3) is 6.08 Å². The number of hydrogen-bond acceptors (Lipinski definition) is 6. The summed E-state index contributed by atoms with van der Waals surface area (Å²) in [5.41, 5.74) is -1.01. The minimum atomic E-state index is -1.46. The van der Waals surface area contributed by atoms with Crippen LogP contribution in [0.15, 0.2) is 17.7 Å². The highest BCUT2D eigenvalue weighted by Gasteiger charge is 2.23. The van der Waals surface area contributed by atoms with Crippen LogP contribution in [-0.4, -0.2) is 22.8 Å². The normalized spacial score (nSPS) is 12.9. The van der Waals surface area contributed by atoms with E-state index in [0.717, 1.165) is 12.1 Å². The van der Waals surface area contributed by atoms with E-state index in [9.17, 15) is 14.9 Å². The van der Waals surface area contributed by atoms with Gasteiger partial charge in [-0.3, -0.25) is 10.1 Å². The van der Waals surface area contributed by atoms with Crippen LogP contribution in [-0.2, 0) is 4.79 Å². The van der Waals surface area contributed by atoms with E-state index in [-0.39, 0.29) is 29.5 Å². The van der Waals surface area contributed by atoms with E-state index < -0.39 is 16.5 Å². The Bertz CT molecular complexity index is 643. The molecule has 0 aromatic heterocycles. The fourth-order valence-corrected chi connectivity index (χ4v) is 1.52. The van der Waals surface area contributed by atoms with Gasteiger partial charge in [-0.15, -0.1) is 0 Å². The first-order chi connectivity index (χ1) is 9.02. The van der Waals surface area contributed by atoms with Gasteiger partial charge in [0.15, 0.2) is 11.5 Å². The number of nitro benzene ring substituents is 1. The number of rotatable bonds is 3. The quantitative estimate of drug-likeness (QED) is 0.377. The lowest BCUT2D eigenvalue weighted by molar-refractivity contribution is -0.385. The van der Waals surface area contributed by atoms with Gasteiger partial charge in [0.25, 0.3) is 5.69 Å². The lowest BCUT2D eigenvalue weighted by atomic mass is 10.1. The maximum Gasteiger partial charge on any atom is 0.346 e. The molecule has 1 N–H and O–H groups in total. The lowest BCUT2D eigenvalue weighted by Crippen LogP contribution is -1.99. The van der Waals surface area contributed by atoms with Gasteiger partial charge in [0.05, 0.1) is 16.6 Å². The summed E-state index contributed by atoms with van der Waals surface area (Å²) in [7, 11) is 0. The van der Waals surface area contributed by atoms with Gasteiger partial charge in [0, 0.05) is 0 Å². The molecule has 1 heterocycles. The molecule has 19 heavy (non-hydrogen) atoms. The summed E-state index contributed by atoms with van der Waals surface area (Å²) in [6.07, 6.45) is 0.919. The average molecular weight is 262 g/mol. The van der Waals surface area contributed by atoms with E-state index in [2.05, 4.69) is 0 Å². The van der Waals surface area contributed by atoms with E-state index in [1.807, 2.05) is 0 Å². The average Bonchev–Trinajstić information content (AvgIpc) is 2.81. The summed E-state index contributed by atoms with van der Waals surface area (Å²) in [5.74, 6) is -0.994. The summed E-state index contributed by atoms with van der Waals surface area (Å²) in [5, 5.41) is 28.3. The fourth-order valence-electron chi connectivity index (χ4n) is 1.52. The second-order valence-corrected chi connectivity index (χ2v) is 3.50. The molecule has 1 aromatic rings. The topological polar surface area (TPSA) is 123 Å². The van der Waals surface area contributed by atoms with Gasteiger partial charge in [0.1, 0.15) is 11.6 Å². The van der Waals surface area contributed by atoms with Crippen LogP contribution in [0.1, 0.15) is 5.56 Å². The zero-order chi connectivity index (χ0) is 14.0. The van der Waals surface area contributed by atoms with Crippen molar-refractivity contribution in [3.8, 4) is 17.6 Å². The van der Waals surface area contributed by atoms with Gasteiger partial charge in [0.2, 0.25) is 6.79 Å². The predicted octanol–water partition coefficient (Wildman–Crippen LogP) is 1.32. The molecule has 0 bridgehead atoms. The van der Waals surface area contributed by atoms with Crippen LogP contribution in [0.2, 0.25) is 0 Å². The standard InChI is InChI=1S/C11H6N2O6/c12-4-7(11(14)15)1-6-2-9-10(19-5-18-9)3-8(6)13(16)17/h1-3H,5H2,(H,14,15)/b7-1+. The summed E-state index contributed by atoms with van der Waals surface area (Å²) < 4.78 is 10.0. The molecule has 96 valence electrons. The first-order valence-corrected chi connectivity index (χ1v) is 4.96. The third-order valence-corrected chi connectivity index (χ3v) is 2.37. The molecule has 8 nitrogen and oxygen atoms in total.